The van der Waals surface area contributed by atoms with Crippen molar-refractivity contribution in [3.8, 4) is 5.75 Å². The van der Waals surface area contributed by atoms with Crippen LogP contribution in [0.15, 0.2) is 42.5 Å². The second kappa shape index (κ2) is 7.26. The molecule has 0 fully saturated rings. The van der Waals surface area contributed by atoms with Gasteiger partial charge in [0.1, 0.15) is 11.4 Å². The molecular weight excluding hydrogens is 298 g/mol. The van der Waals surface area contributed by atoms with Crippen molar-refractivity contribution in [3.63, 3.8) is 0 Å². The van der Waals surface area contributed by atoms with E-state index in [0.29, 0.717) is 23.7 Å². The normalized spacial score (nSPS) is 10.0. The number of amides is 1. The molecule has 0 radical (unpaired) electrons. The van der Waals surface area contributed by atoms with Crippen molar-refractivity contribution in [2.75, 3.05) is 24.3 Å². The van der Waals surface area contributed by atoms with Gasteiger partial charge in [-0.25, -0.2) is 0 Å². The van der Waals surface area contributed by atoms with Crippen LogP contribution in [0.25, 0.3) is 0 Å². The van der Waals surface area contributed by atoms with Crippen molar-refractivity contribution in [1.82, 2.24) is 0 Å². The minimum absolute atomic E-state index is 0.139. The van der Waals surface area contributed by atoms with Crippen LogP contribution in [-0.4, -0.2) is 24.5 Å². The molecule has 0 saturated carbocycles. The molecule has 7 nitrogen and oxygen atoms in total. The average molecular weight is 315 g/mol. The standard InChI is InChI=1S/C16H17N3O4/c1-3-17-12-9-8-11(10-14(12)19(21)22)16(20)18-13-6-4-5-7-15(13)23-2/h4-10,17H,3H2,1-2H3,(H,18,20). The maximum Gasteiger partial charge on any atom is 0.293 e. The monoisotopic (exact) mass is 315 g/mol. The molecule has 0 aliphatic heterocycles. The summed E-state index contributed by atoms with van der Waals surface area (Å²) in [7, 11) is 1.50. The van der Waals surface area contributed by atoms with Crippen LogP contribution in [0.3, 0.4) is 0 Å². The Kier molecular flexibility index (Phi) is 5.14. The zero-order valence-electron chi connectivity index (χ0n) is 12.8. The molecule has 2 aromatic carbocycles. The lowest BCUT2D eigenvalue weighted by Gasteiger charge is -2.10. The fourth-order valence-electron chi connectivity index (χ4n) is 2.11. The van der Waals surface area contributed by atoms with E-state index in [9.17, 15) is 14.9 Å². The van der Waals surface area contributed by atoms with Crippen molar-refractivity contribution in [2.45, 2.75) is 6.92 Å². The first kappa shape index (κ1) is 16.3. The first-order valence-electron chi connectivity index (χ1n) is 7.03. The van der Waals surface area contributed by atoms with E-state index in [0.717, 1.165) is 0 Å². The van der Waals surface area contributed by atoms with E-state index in [1.807, 2.05) is 6.92 Å². The second-order valence-corrected chi connectivity index (χ2v) is 4.67. The molecule has 2 rings (SSSR count). The Bertz CT molecular complexity index is 731. The lowest BCUT2D eigenvalue weighted by atomic mass is 10.1. The summed E-state index contributed by atoms with van der Waals surface area (Å²) in [5.74, 6) is 0.0697. The van der Waals surface area contributed by atoms with Crippen LogP contribution in [-0.2, 0) is 0 Å². The summed E-state index contributed by atoms with van der Waals surface area (Å²) in [5.41, 5.74) is 0.938. The molecule has 0 aliphatic carbocycles. The van der Waals surface area contributed by atoms with Crippen molar-refractivity contribution in [1.29, 1.82) is 0 Å². The average Bonchev–Trinajstić information content (AvgIpc) is 2.55. The van der Waals surface area contributed by atoms with Gasteiger partial charge in [-0.05, 0) is 31.2 Å². The molecule has 0 saturated heterocycles. The van der Waals surface area contributed by atoms with Crippen molar-refractivity contribution in [3.05, 3.63) is 58.1 Å². The van der Waals surface area contributed by atoms with Crippen LogP contribution in [0.2, 0.25) is 0 Å². The molecule has 2 aromatic rings. The molecule has 7 heteroatoms. The summed E-state index contributed by atoms with van der Waals surface area (Å²) in [6.07, 6.45) is 0. The molecular formula is C16H17N3O4. The number of nitrogens with zero attached hydrogens (tertiary/aromatic N) is 1. The summed E-state index contributed by atoms with van der Waals surface area (Å²) in [4.78, 5) is 22.9. The van der Waals surface area contributed by atoms with Crippen LogP contribution in [0.5, 0.6) is 5.75 Å². The fourth-order valence-corrected chi connectivity index (χ4v) is 2.11. The number of methoxy groups -OCH3 is 1. The number of hydrogen-bond acceptors (Lipinski definition) is 5. The molecule has 2 N–H and O–H groups in total. The van der Waals surface area contributed by atoms with Gasteiger partial charge in [0.05, 0.1) is 17.7 Å². The lowest BCUT2D eigenvalue weighted by Crippen LogP contribution is -2.13. The largest absolute Gasteiger partial charge is 0.495 e. The smallest absolute Gasteiger partial charge is 0.293 e. The molecule has 0 spiro atoms. The van der Waals surface area contributed by atoms with E-state index in [1.165, 1.54) is 25.3 Å². The molecule has 0 aliphatic rings. The summed E-state index contributed by atoms with van der Waals surface area (Å²) >= 11 is 0. The van der Waals surface area contributed by atoms with E-state index in [4.69, 9.17) is 4.74 Å². The number of anilines is 2. The van der Waals surface area contributed by atoms with Crippen LogP contribution < -0.4 is 15.4 Å². The topological polar surface area (TPSA) is 93.5 Å². The van der Waals surface area contributed by atoms with Gasteiger partial charge < -0.3 is 15.4 Å². The molecule has 0 unspecified atom stereocenters. The fraction of sp³-hybridized carbons (Fsp3) is 0.188. The second-order valence-electron chi connectivity index (χ2n) is 4.67. The quantitative estimate of drug-likeness (QED) is 0.630. The lowest BCUT2D eigenvalue weighted by molar-refractivity contribution is -0.384. The summed E-state index contributed by atoms with van der Waals surface area (Å²) in [6.45, 7) is 2.39. The van der Waals surface area contributed by atoms with Crippen molar-refractivity contribution < 1.29 is 14.5 Å². The van der Waals surface area contributed by atoms with Gasteiger partial charge in [0.25, 0.3) is 11.6 Å². The van der Waals surface area contributed by atoms with Crippen molar-refractivity contribution >= 4 is 23.0 Å². The van der Waals surface area contributed by atoms with Crippen LogP contribution in [0, 0.1) is 10.1 Å². The van der Waals surface area contributed by atoms with Gasteiger partial charge >= 0.3 is 0 Å². The first-order valence-corrected chi connectivity index (χ1v) is 7.03. The summed E-state index contributed by atoms with van der Waals surface area (Å²) in [5, 5.41) is 16.7. The minimum atomic E-state index is -0.516. The van der Waals surface area contributed by atoms with Crippen LogP contribution >= 0.6 is 0 Å². The highest BCUT2D eigenvalue weighted by molar-refractivity contribution is 6.05. The minimum Gasteiger partial charge on any atom is -0.495 e. The van der Waals surface area contributed by atoms with Gasteiger partial charge in [0.2, 0.25) is 0 Å². The molecule has 0 aromatic heterocycles. The van der Waals surface area contributed by atoms with Gasteiger partial charge in [-0.1, -0.05) is 12.1 Å². The third kappa shape index (κ3) is 3.76. The van der Waals surface area contributed by atoms with E-state index >= 15 is 0 Å². The number of rotatable bonds is 6. The number of carbonyl (C=O) groups is 1. The zero-order chi connectivity index (χ0) is 16.8. The Morgan fingerprint density at radius 1 is 1.22 bits per heavy atom. The van der Waals surface area contributed by atoms with Crippen molar-refractivity contribution in [2.24, 2.45) is 0 Å². The molecule has 0 bridgehead atoms. The SMILES string of the molecule is CCNc1ccc(C(=O)Nc2ccccc2OC)cc1[N+](=O)[O-]. The molecule has 0 atom stereocenters. The van der Waals surface area contributed by atoms with Gasteiger partial charge in [-0.2, -0.15) is 0 Å². The highest BCUT2D eigenvalue weighted by Gasteiger charge is 2.18. The Morgan fingerprint density at radius 3 is 2.61 bits per heavy atom. The predicted octanol–water partition coefficient (Wildman–Crippen LogP) is 3.29. The maximum atomic E-state index is 12.3. The number of ether oxygens (including phenoxy) is 1. The highest BCUT2D eigenvalue weighted by Crippen LogP contribution is 2.27. The molecule has 23 heavy (non-hydrogen) atoms. The first-order chi connectivity index (χ1) is 11.1. The maximum absolute atomic E-state index is 12.3. The van der Waals surface area contributed by atoms with E-state index < -0.39 is 10.8 Å². The van der Waals surface area contributed by atoms with Gasteiger partial charge in [0, 0.05) is 18.2 Å². The Morgan fingerprint density at radius 2 is 1.96 bits per heavy atom. The van der Waals surface area contributed by atoms with Gasteiger partial charge in [-0.3, -0.25) is 14.9 Å². The Labute approximate surface area is 133 Å². The number of para-hydroxylation sites is 2. The van der Waals surface area contributed by atoms with Crippen LogP contribution in [0.4, 0.5) is 17.1 Å². The molecule has 1 amide bonds. The number of nitro groups is 1. The number of nitrogens with one attached hydrogen (secondary N) is 2. The summed E-state index contributed by atoms with van der Waals surface area (Å²) in [6, 6.07) is 11.3. The van der Waals surface area contributed by atoms with E-state index in [2.05, 4.69) is 10.6 Å². The number of carbonyl (C=O) groups excluding carboxylic acids is 1. The third-order valence-electron chi connectivity index (χ3n) is 3.18. The highest BCUT2D eigenvalue weighted by atomic mass is 16.6. The number of hydrogen-bond donors (Lipinski definition) is 2. The number of nitro benzene ring substituents is 1. The van der Waals surface area contributed by atoms with Gasteiger partial charge in [0.15, 0.2) is 0 Å². The zero-order valence-corrected chi connectivity index (χ0v) is 12.8. The number of benzene rings is 2. The van der Waals surface area contributed by atoms with E-state index in [-0.39, 0.29) is 11.3 Å². The van der Waals surface area contributed by atoms with Crippen LogP contribution in [0.1, 0.15) is 17.3 Å². The third-order valence-corrected chi connectivity index (χ3v) is 3.18. The van der Waals surface area contributed by atoms with Gasteiger partial charge in [-0.15, -0.1) is 0 Å². The summed E-state index contributed by atoms with van der Waals surface area (Å²) < 4.78 is 5.16. The Hall–Kier alpha value is -3.09. The van der Waals surface area contributed by atoms with E-state index in [1.54, 1.807) is 24.3 Å². The molecule has 0 heterocycles. The molecule has 120 valence electrons. The predicted molar refractivity (Wildman–Crippen MR) is 88.2 cm³/mol. The Balaban J connectivity index is 2.29.